The Morgan fingerprint density at radius 3 is 2.25 bits per heavy atom. The van der Waals surface area contributed by atoms with Crippen molar-refractivity contribution in [3.63, 3.8) is 0 Å². The van der Waals surface area contributed by atoms with Crippen LogP contribution in [0.1, 0.15) is 64.2 Å². The van der Waals surface area contributed by atoms with Gasteiger partial charge in [0.25, 0.3) is 0 Å². The lowest BCUT2D eigenvalue weighted by atomic mass is 9.67. The second-order valence-electron chi connectivity index (χ2n) is 5.70. The molecule has 0 saturated heterocycles. The molecular formula is C14H24O2. The Morgan fingerprint density at radius 1 is 0.938 bits per heavy atom. The molecule has 2 fully saturated rings. The first kappa shape index (κ1) is 11.9. The molecule has 2 aliphatic rings. The molecule has 2 nitrogen and oxygen atoms in total. The highest BCUT2D eigenvalue weighted by Crippen LogP contribution is 2.42. The van der Waals surface area contributed by atoms with Crippen LogP contribution in [-0.4, -0.2) is 11.1 Å². The van der Waals surface area contributed by atoms with Gasteiger partial charge in [0.15, 0.2) is 0 Å². The Balaban J connectivity index is 1.94. The van der Waals surface area contributed by atoms with E-state index in [1.165, 1.54) is 51.4 Å². The molecule has 2 rings (SSSR count). The fourth-order valence-electron chi connectivity index (χ4n) is 3.90. The third-order valence-electron chi connectivity index (χ3n) is 4.66. The number of hydrogen-bond donors (Lipinski definition) is 1. The fourth-order valence-corrected chi connectivity index (χ4v) is 3.90. The van der Waals surface area contributed by atoms with Crippen molar-refractivity contribution in [1.82, 2.24) is 0 Å². The molecule has 0 aliphatic heterocycles. The van der Waals surface area contributed by atoms with E-state index >= 15 is 0 Å². The zero-order valence-electron chi connectivity index (χ0n) is 10.2. The molecule has 0 amide bonds. The molecule has 0 aromatic rings. The zero-order valence-corrected chi connectivity index (χ0v) is 10.2. The molecular weight excluding hydrogens is 200 g/mol. The molecule has 92 valence electrons. The standard InChI is InChI=1S/C14H24O2/c15-14(16)10-12-8-4-5-9-13(12)11-6-2-1-3-7-11/h11-13H,1-10H2,(H,15,16). The maximum atomic E-state index is 10.9. The van der Waals surface area contributed by atoms with Crippen molar-refractivity contribution in [2.75, 3.05) is 0 Å². The van der Waals surface area contributed by atoms with Gasteiger partial charge < -0.3 is 5.11 Å². The van der Waals surface area contributed by atoms with Crippen LogP contribution in [0.5, 0.6) is 0 Å². The molecule has 2 unspecified atom stereocenters. The van der Waals surface area contributed by atoms with E-state index in [9.17, 15) is 4.79 Å². The third-order valence-corrected chi connectivity index (χ3v) is 4.66. The van der Waals surface area contributed by atoms with Crippen molar-refractivity contribution in [3.05, 3.63) is 0 Å². The summed E-state index contributed by atoms with van der Waals surface area (Å²) >= 11 is 0. The molecule has 2 atom stereocenters. The Kier molecular flexibility index (Phi) is 4.25. The van der Waals surface area contributed by atoms with Crippen molar-refractivity contribution in [2.24, 2.45) is 17.8 Å². The van der Waals surface area contributed by atoms with Crippen LogP contribution in [0.4, 0.5) is 0 Å². The quantitative estimate of drug-likeness (QED) is 0.790. The van der Waals surface area contributed by atoms with Gasteiger partial charge in [0.2, 0.25) is 0 Å². The fraction of sp³-hybridized carbons (Fsp3) is 0.929. The summed E-state index contributed by atoms with van der Waals surface area (Å²) in [6.07, 6.45) is 12.3. The highest BCUT2D eigenvalue weighted by atomic mass is 16.4. The van der Waals surface area contributed by atoms with E-state index in [2.05, 4.69) is 0 Å². The smallest absolute Gasteiger partial charge is 0.303 e. The van der Waals surface area contributed by atoms with Crippen LogP contribution in [0, 0.1) is 17.8 Å². The topological polar surface area (TPSA) is 37.3 Å². The zero-order chi connectivity index (χ0) is 11.4. The first-order chi connectivity index (χ1) is 7.77. The van der Waals surface area contributed by atoms with E-state index in [1.54, 1.807) is 0 Å². The summed E-state index contributed by atoms with van der Waals surface area (Å²) < 4.78 is 0. The average Bonchev–Trinajstić information content (AvgIpc) is 2.30. The van der Waals surface area contributed by atoms with Crippen molar-refractivity contribution in [2.45, 2.75) is 64.2 Å². The Morgan fingerprint density at radius 2 is 1.56 bits per heavy atom. The van der Waals surface area contributed by atoms with E-state index in [-0.39, 0.29) is 0 Å². The second kappa shape index (κ2) is 5.70. The Labute approximate surface area is 98.4 Å². The van der Waals surface area contributed by atoms with Crippen LogP contribution in [0.25, 0.3) is 0 Å². The molecule has 0 aromatic carbocycles. The normalized spacial score (nSPS) is 32.5. The summed E-state index contributed by atoms with van der Waals surface area (Å²) in [6.45, 7) is 0. The maximum Gasteiger partial charge on any atom is 0.303 e. The molecule has 0 radical (unpaired) electrons. The minimum atomic E-state index is -0.590. The van der Waals surface area contributed by atoms with Gasteiger partial charge in [-0.05, 0) is 30.6 Å². The molecule has 0 bridgehead atoms. The Hall–Kier alpha value is -0.530. The SMILES string of the molecule is O=C(O)CC1CCCCC1C1CCCCC1. The van der Waals surface area contributed by atoms with Crippen LogP contribution in [0.15, 0.2) is 0 Å². The molecule has 0 spiro atoms. The summed E-state index contributed by atoms with van der Waals surface area (Å²) in [6, 6.07) is 0. The van der Waals surface area contributed by atoms with Crippen molar-refractivity contribution < 1.29 is 9.90 Å². The van der Waals surface area contributed by atoms with Crippen LogP contribution in [0.2, 0.25) is 0 Å². The number of carbonyl (C=O) groups is 1. The van der Waals surface area contributed by atoms with Crippen molar-refractivity contribution in [3.8, 4) is 0 Å². The molecule has 16 heavy (non-hydrogen) atoms. The minimum absolute atomic E-state index is 0.418. The summed E-state index contributed by atoms with van der Waals surface area (Å²) in [5.41, 5.74) is 0. The summed E-state index contributed by atoms with van der Waals surface area (Å²) in [7, 11) is 0. The van der Waals surface area contributed by atoms with Gasteiger partial charge in [-0.25, -0.2) is 0 Å². The van der Waals surface area contributed by atoms with E-state index in [4.69, 9.17) is 5.11 Å². The van der Waals surface area contributed by atoms with Crippen LogP contribution in [-0.2, 0) is 4.79 Å². The second-order valence-corrected chi connectivity index (χ2v) is 5.70. The van der Waals surface area contributed by atoms with Gasteiger partial charge in [0, 0.05) is 6.42 Å². The molecule has 2 saturated carbocycles. The first-order valence-electron chi connectivity index (χ1n) is 6.99. The number of hydrogen-bond acceptors (Lipinski definition) is 1. The third kappa shape index (κ3) is 2.99. The van der Waals surface area contributed by atoms with Gasteiger partial charge in [-0.15, -0.1) is 0 Å². The van der Waals surface area contributed by atoms with Gasteiger partial charge in [-0.2, -0.15) is 0 Å². The minimum Gasteiger partial charge on any atom is -0.481 e. The highest BCUT2D eigenvalue weighted by Gasteiger charge is 2.33. The lowest BCUT2D eigenvalue weighted by molar-refractivity contribution is -0.139. The van der Waals surface area contributed by atoms with Crippen molar-refractivity contribution >= 4 is 5.97 Å². The predicted molar refractivity (Wildman–Crippen MR) is 64.3 cm³/mol. The van der Waals surface area contributed by atoms with E-state index in [1.807, 2.05) is 0 Å². The predicted octanol–water partition coefficient (Wildman–Crippen LogP) is 3.85. The molecule has 2 aliphatic carbocycles. The summed E-state index contributed by atoms with van der Waals surface area (Å²) in [4.78, 5) is 10.9. The van der Waals surface area contributed by atoms with Gasteiger partial charge in [0.05, 0.1) is 0 Å². The first-order valence-corrected chi connectivity index (χ1v) is 6.99. The van der Waals surface area contributed by atoms with E-state index < -0.39 is 5.97 Å². The van der Waals surface area contributed by atoms with Gasteiger partial charge in [-0.1, -0.05) is 44.9 Å². The lowest BCUT2D eigenvalue weighted by Gasteiger charge is -2.38. The average molecular weight is 224 g/mol. The summed E-state index contributed by atoms with van der Waals surface area (Å²) in [5.74, 6) is 1.46. The molecule has 1 N–H and O–H groups in total. The monoisotopic (exact) mass is 224 g/mol. The molecule has 2 heteroatoms. The van der Waals surface area contributed by atoms with Crippen LogP contribution in [0.3, 0.4) is 0 Å². The lowest BCUT2D eigenvalue weighted by Crippen LogP contribution is -2.30. The van der Waals surface area contributed by atoms with Crippen LogP contribution < -0.4 is 0 Å². The highest BCUT2D eigenvalue weighted by molar-refractivity contribution is 5.67. The van der Waals surface area contributed by atoms with Gasteiger partial charge in [-0.3, -0.25) is 4.79 Å². The number of carboxylic acids is 1. The van der Waals surface area contributed by atoms with Crippen molar-refractivity contribution in [1.29, 1.82) is 0 Å². The van der Waals surface area contributed by atoms with Gasteiger partial charge >= 0.3 is 5.97 Å². The number of carboxylic acid groups (broad SMARTS) is 1. The number of aliphatic carboxylic acids is 1. The van der Waals surface area contributed by atoms with Crippen LogP contribution >= 0.6 is 0 Å². The van der Waals surface area contributed by atoms with E-state index in [0.29, 0.717) is 12.3 Å². The van der Waals surface area contributed by atoms with Gasteiger partial charge in [0.1, 0.15) is 0 Å². The summed E-state index contributed by atoms with van der Waals surface area (Å²) in [5, 5.41) is 8.98. The molecule has 0 aromatic heterocycles. The maximum absolute atomic E-state index is 10.9. The number of rotatable bonds is 3. The largest absolute Gasteiger partial charge is 0.481 e. The molecule has 0 heterocycles. The van der Waals surface area contributed by atoms with E-state index in [0.717, 1.165) is 18.3 Å². The Bertz CT molecular complexity index is 231.